The number of amides is 1. The number of carbonyl (C=O) groups excluding carboxylic acids is 4. The molecule has 1 amide bonds. The van der Waals surface area contributed by atoms with E-state index in [1.165, 1.54) is 6.92 Å². The van der Waals surface area contributed by atoms with Crippen LogP contribution in [0.5, 0.6) is 11.5 Å². The highest BCUT2D eigenvalue weighted by atomic mass is 19.4. The van der Waals surface area contributed by atoms with E-state index >= 15 is 0 Å². The number of guanidine groups is 1. The zero-order valence-electron chi connectivity index (χ0n) is 31.9. The van der Waals surface area contributed by atoms with Crippen LogP contribution < -0.4 is 25.8 Å². The van der Waals surface area contributed by atoms with Crippen molar-refractivity contribution in [3.63, 3.8) is 0 Å². The van der Waals surface area contributed by atoms with Crippen LogP contribution in [0.15, 0.2) is 54.6 Å². The number of esters is 3. The lowest BCUT2D eigenvalue weighted by Gasteiger charge is -2.24. The quantitative estimate of drug-likeness (QED) is 0.0786. The number of carboxylic acid groups (broad SMARTS) is 1. The molecule has 6 N–H and O–H groups in total. The molecule has 0 saturated heterocycles. The summed E-state index contributed by atoms with van der Waals surface area (Å²) in [6.07, 6.45) is -3.97. The topological polar surface area (TPSA) is 216 Å². The molecule has 302 valence electrons. The van der Waals surface area contributed by atoms with Crippen LogP contribution in [-0.4, -0.2) is 70.9 Å². The predicted octanol–water partition coefficient (Wildman–Crippen LogP) is 6.18. The molecule has 14 nitrogen and oxygen atoms in total. The number of fused-ring (bicyclic) bond motifs is 2. The molecule has 3 aromatic carbocycles. The molecule has 4 rings (SSSR count). The second-order valence-corrected chi connectivity index (χ2v) is 14.6. The molecule has 1 aliphatic heterocycles. The summed E-state index contributed by atoms with van der Waals surface area (Å²) in [6.45, 7) is 12.2. The Morgan fingerprint density at radius 3 is 2.18 bits per heavy atom. The Balaban J connectivity index is 0.00000109. The van der Waals surface area contributed by atoms with Crippen molar-refractivity contribution >= 4 is 41.4 Å². The third-order valence-electron chi connectivity index (χ3n) is 7.38. The summed E-state index contributed by atoms with van der Waals surface area (Å²) >= 11 is 0. The van der Waals surface area contributed by atoms with Gasteiger partial charge in [-0.1, -0.05) is 18.2 Å². The number of carbonyl (C=O) groups is 5. The van der Waals surface area contributed by atoms with Gasteiger partial charge in [0.15, 0.2) is 17.5 Å². The number of nitrogens with two attached hydrogens (primary N) is 1. The van der Waals surface area contributed by atoms with Crippen molar-refractivity contribution in [2.24, 2.45) is 5.73 Å². The van der Waals surface area contributed by atoms with Gasteiger partial charge in [0.25, 0.3) is 5.91 Å². The van der Waals surface area contributed by atoms with Gasteiger partial charge in [-0.05, 0) is 109 Å². The number of benzene rings is 3. The maximum absolute atomic E-state index is 13.8. The Labute approximate surface area is 321 Å². The van der Waals surface area contributed by atoms with Crippen molar-refractivity contribution in [2.75, 3.05) is 11.9 Å². The minimum Gasteiger partial charge on any atom is -0.489 e. The first kappa shape index (κ1) is 44.3. The number of aryl methyl sites for hydroxylation is 1. The van der Waals surface area contributed by atoms with Crippen LogP contribution in [0.25, 0.3) is 0 Å². The van der Waals surface area contributed by atoms with Crippen molar-refractivity contribution in [2.45, 2.75) is 91.1 Å². The van der Waals surface area contributed by atoms with Crippen molar-refractivity contribution in [1.29, 1.82) is 5.41 Å². The molecule has 1 heterocycles. The number of hydrogen-bond donors (Lipinski definition) is 5. The van der Waals surface area contributed by atoms with Crippen LogP contribution in [0.1, 0.15) is 103 Å². The number of nitrogens with one attached hydrogen (secondary N) is 3. The molecule has 0 spiro atoms. The Kier molecular flexibility index (Phi) is 14.2. The number of halogens is 3. The highest BCUT2D eigenvalue weighted by Gasteiger charge is 2.38. The largest absolute Gasteiger partial charge is 0.490 e. The van der Waals surface area contributed by atoms with Gasteiger partial charge >= 0.3 is 30.1 Å². The summed E-state index contributed by atoms with van der Waals surface area (Å²) in [5.74, 6) is -5.32. The van der Waals surface area contributed by atoms with E-state index in [9.17, 15) is 32.3 Å². The minimum atomic E-state index is -5.08. The van der Waals surface area contributed by atoms with Crippen LogP contribution in [0, 0.1) is 5.41 Å². The summed E-state index contributed by atoms with van der Waals surface area (Å²) in [4.78, 5) is 61.8. The van der Waals surface area contributed by atoms with E-state index < -0.39 is 53.2 Å². The standard InChI is InChI=1S/C37H44N4O8.C2HF3O2/c1-21(32(43)48-36(2,3)4)40-31(42)28-15-13-24(18-22-10-8-11-25(19-22)33(44)49-37(5,6)7)29-30(28)46-17-9-12-23-20-26(41-35(38)39)14-16-27(23)34(45)47-29;3-2(4,5)1(6)7/h8,10-11,13-16,19-21H,9,12,17-18H2,1-7H3,(H,40,42)(H4,38,39,41);(H,6,7)/t21-;/m0./s1. The van der Waals surface area contributed by atoms with Crippen molar-refractivity contribution < 1.29 is 61.2 Å². The summed E-state index contributed by atoms with van der Waals surface area (Å²) in [6, 6.07) is 14.1. The lowest BCUT2D eigenvalue weighted by molar-refractivity contribution is -0.192. The third kappa shape index (κ3) is 13.3. The summed E-state index contributed by atoms with van der Waals surface area (Å²) in [5.41, 5.74) is 7.23. The molecule has 0 fully saturated rings. The molecule has 0 unspecified atom stereocenters. The van der Waals surface area contributed by atoms with Gasteiger partial charge in [-0.2, -0.15) is 13.2 Å². The first-order chi connectivity index (χ1) is 25.8. The van der Waals surface area contributed by atoms with Crippen LogP contribution in [0.2, 0.25) is 0 Å². The van der Waals surface area contributed by atoms with Gasteiger partial charge in [0, 0.05) is 17.7 Å². The molecule has 0 saturated carbocycles. The molecule has 17 heteroatoms. The highest BCUT2D eigenvalue weighted by molar-refractivity contribution is 6.01. The fraction of sp³-hybridized carbons (Fsp3) is 0.385. The molecule has 1 aliphatic rings. The van der Waals surface area contributed by atoms with Gasteiger partial charge in [0.05, 0.1) is 23.3 Å². The Hall–Kier alpha value is -6.13. The highest BCUT2D eigenvalue weighted by Crippen LogP contribution is 2.38. The summed E-state index contributed by atoms with van der Waals surface area (Å²) < 4.78 is 55.0. The second-order valence-electron chi connectivity index (χ2n) is 14.6. The molecule has 0 bridgehead atoms. The van der Waals surface area contributed by atoms with Gasteiger partial charge in [0.2, 0.25) is 0 Å². The average molecular weight is 787 g/mol. The number of carboxylic acids is 1. The SMILES string of the molecule is C[C@H](NC(=O)c1ccc(Cc2cccc(C(=O)OC(C)(C)C)c2)c2c1OCCCc1cc(NC(=N)N)ccc1C(=O)O2)C(=O)OC(C)(C)C.O=C(O)C(F)(F)F. The van der Waals surface area contributed by atoms with E-state index in [4.69, 9.17) is 40.0 Å². The van der Waals surface area contributed by atoms with Crippen molar-refractivity contribution in [3.05, 3.63) is 88.0 Å². The minimum absolute atomic E-state index is 0.0315. The van der Waals surface area contributed by atoms with Crippen LogP contribution in [0.3, 0.4) is 0 Å². The molecular weight excluding hydrogens is 741 g/mol. The van der Waals surface area contributed by atoms with E-state index in [2.05, 4.69) is 10.6 Å². The average Bonchev–Trinajstić information content (AvgIpc) is 3.05. The fourth-order valence-electron chi connectivity index (χ4n) is 5.08. The molecule has 0 radical (unpaired) electrons. The summed E-state index contributed by atoms with van der Waals surface area (Å²) in [5, 5.41) is 20.1. The van der Waals surface area contributed by atoms with E-state index in [1.54, 1.807) is 90.1 Å². The number of rotatable bonds is 7. The number of aliphatic carboxylic acids is 1. The first-order valence-electron chi connectivity index (χ1n) is 17.3. The van der Waals surface area contributed by atoms with Crippen molar-refractivity contribution in [1.82, 2.24) is 5.32 Å². The molecular formula is C39H45F3N4O10. The molecule has 0 aromatic heterocycles. The number of hydrogen-bond acceptors (Lipinski definition) is 10. The molecule has 1 atom stereocenters. The normalized spacial score (nSPS) is 13.4. The van der Waals surface area contributed by atoms with E-state index in [1.807, 2.05) is 6.07 Å². The smallest absolute Gasteiger partial charge is 0.489 e. The van der Waals surface area contributed by atoms with Crippen molar-refractivity contribution in [3.8, 4) is 11.5 Å². The van der Waals surface area contributed by atoms with Crippen LogP contribution >= 0.6 is 0 Å². The monoisotopic (exact) mass is 786 g/mol. The zero-order valence-corrected chi connectivity index (χ0v) is 31.9. The number of anilines is 1. The zero-order chi connectivity index (χ0) is 42.2. The van der Waals surface area contributed by atoms with Crippen LogP contribution in [-0.2, 0) is 31.9 Å². The number of alkyl halides is 3. The number of ether oxygens (including phenoxy) is 4. The van der Waals surface area contributed by atoms with Gasteiger partial charge in [-0.25, -0.2) is 19.2 Å². The van der Waals surface area contributed by atoms with Gasteiger partial charge in [0.1, 0.15) is 17.2 Å². The van der Waals surface area contributed by atoms with Gasteiger partial charge in [-0.15, -0.1) is 0 Å². The second kappa shape index (κ2) is 18.0. The third-order valence-corrected chi connectivity index (χ3v) is 7.38. The lowest BCUT2D eigenvalue weighted by Crippen LogP contribution is -2.42. The fourth-order valence-corrected chi connectivity index (χ4v) is 5.08. The molecule has 3 aromatic rings. The molecule has 56 heavy (non-hydrogen) atoms. The summed E-state index contributed by atoms with van der Waals surface area (Å²) in [7, 11) is 0. The first-order valence-corrected chi connectivity index (χ1v) is 17.3. The molecule has 0 aliphatic carbocycles. The Morgan fingerprint density at radius 1 is 0.946 bits per heavy atom. The van der Waals surface area contributed by atoms with E-state index in [-0.39, 0.29) is 36.0 Å². The van der Waals surface area contributed by atoms with Crippen LogP contribution in [0.4, 0.5) is 18.9 Å². The maximum atomic E-state index is 13.8. The Morgan fingerprint density at radius 2 is 1.59 bits per heavy atom. The van der Waals surface area contributed by atoms with Gasteiger partial charge in [-0.3, -0.25) is 10.2 Å². The predicted molar refractivity (Wildman–Crippen MR) is 198 cm³/mol. The lowest BCUT2D eigenvalue weighted by atomic mass is 9.98. The van der Waals surface area contributed by atoms with E-state index in [0.717, 1.165) is 5.56 Å². The van der Waals surface area contributed by atoms with E-state index in [0.29, 0.717) is 40.8 Å². The Bertz CT molecular complexity index is 1980. The van der Waals surface area contributed by atoms with Gasteiger partial charge < -0.3 is 40.4 Å². The maximum Gasteiger partial charge on any atom is 0.490 e.